The summed E-state index contributed by atoms with van der Waals surface area (Å²) in [6, 6.07) is 16.8. The Balaban J connectivity index is 1.73. The predicted molar refractivity (Wildman–Crippen MR) is 110 cm³/mol. The van der Waals surface area contributed by atoms with Crippen molar-refractivity contribution in [1.29, 1.82) is 0 Å². The maximum atomic E-state index is 12.5. The Kier molecular flexibility index (Phi) is 6.06. The summed E-state index contributed by atoms with van der Waals surface area (Å²) in [5, 5.41) is 22.5. The Morgan fingerprint density at radius 2 is 1.89 bits per heavy atom. The standard InChI is InChI=1S/C22H20ClNO4/c1-14-3-2-4-15(11-14)9-10-28-21-8-5-16(23)12-19(21)24-22(27)18-13-17(25)6-7-20(18)26/h2-8,11-13,25-26H,9-10H2,1H3,(H,24,27). The smallest absolute Gasteiger partial charge is 0.259 e. The van der Waals surface area contributed by atoms with Gasteiger partial charge >= 0.3 is 0 Å². The zero-order chi connectivity index (χ0) is 20.1. The molecule has 3 aromatic rings. The van der Waals surface area contributed by atoms with E-state index in [9.17, 15) is 15.0 Å². The number of phenolic OH excluding ortho intramolecular Hbond substituents is 2. The molecule has 0 spiro atoms. The average Bonchev–Trinajstić information content (AvgIpc) is 2.65. The van der Waals surface area contributed by atoms with Crippen molar-refractivity contribution in [3.8, 4) is 17.2 Å². The number of nitrogens with one attached hydrogen (secondary N) is 1. The molecule has 144 valence electrons. The van der Waals surface area contributed by atoms with Gasteiger partial charge in [-0.2, -0.15) is 0 Å². The molecule has 0 aromatic heterocycles. The van der Waals surface area contributed by atoms with E-state index in [4.69, 9.17) is 16.3 Å². The summed E-state index contributed by atoms with van der Waals surface area (Å²) in [6.07, 6.45) is 0.713. The third kappa shape index (κ3) is 4.96. The lowest BCUT2D eigenvalue weighted by atomic mass is 10.1. The molecule has 0 aliphatic rings. The van der Waals surface area contributed by atoms with E-state index in [1.165, 1.54) is 23.8 Å². The number of benzene rings is 3. The van der Waals surface area contributed by atoms with Gasteiger partial charge in [-0.05, 0) is 48.9 Å². The van der Waals surface area contributed by atoms with Gasteiger partial charge in [0.1, 0.15) is 17.2 Å². The van der Waals surface area contributed by atoms with Gasteiger partial charge in [-0.25, -0.2) is 0 Å². The molecule has 0 bridgehead atoms. The Labute approximate surface area is 168 Å². The van der Waals surface area contributed by atoms with E-state index in [0.29, 0.717) is 29.5 Å². The first kappa shape index (κ1) is 19.6. The van der Waals surface area contributed by atoms with Crippen LogP contribution in [0.15, 0.2) is 60.7 Å². The van der Waals surface area contributed by atoms with Crippen LogP contribution in [0.2, 0.25) is 5.02 Å². The monoisotopic (exact) mass is 397 g/mol. The van der Waals surface area contributed by atoms with E-state index in [1.807, 2.05) is 25.1 Å². The van der Waals surface area contributed by atoms with Crippen molar-refractivity contribution in [3.05, 3.63) is 82.4 Å². The summed E-state index contributed by atoms with van der Waals surface area (Å²) >= 11 is 6.05. The number of hydrogen-bond donors (Lipinski definition) is 3. The van der Waals surface area contributed by atoms with Crippen LogP contribution in [-0.2, 0) is 6.42 Å². The SMILES string of the molecule is Cc1cccc(CCOc2ccc(Cl)cc2NC(=O)c2cc(O)ccc2O)c1. The van der Waals surface area contributed by atoms with Gasteiger partial charge in [0.25, 0.3) is 5.91 Å². The van der Waals surface area contributed by atoms with Crippen LogP contribution in [-0.4, -0.2) is 22.7 Å². The lowest BCUT2D eigenvalue weighted by Crippen LogP contribution is -2.13. The second-order valence-electron chi connectivity index (χ2n) is 6.38. The van der Waals surface area contributed by atoms with Crippen LogP contribution in [0.1, 0.15) is 21.5 Å². The third-order valence-corrected chi connectivity index (χ3v) is 4.38. The highest BCUT2D eigenvalue weighted by atomic mass is 35.5. The minimum absolute atomic E-state index is 0.0503. The summed E-state index contributed by atoms with van der Waals surface area (Å²) in [5.74, 6) is -0.479. The number of carbonyl (C=O) groups is 1. The van der Waals surface area contributed by atoms with Gasteiger partial charge in [-0.1, -0.05) is 41.4 Å². The third-order valence-electron chi connectivity index (χ3n) is 4.15. The Morgan fingerprint density at radius 1 is 1.07 bits per heavy atom. The van der Waals surface area contributed by atoms with Crippen molar-refractivity contribution in [3.63, 3.8) is 0 Å². The van der Waals surface area contributed by atoms with Gasteiger partial charge in [-0.15, -0.1) is 0 Å². The summed E-state index contributed by atoms with van der Waals surface area (Å²) < 4.78 is 5.84. The number of phenols is 2. The van der Waals surface area contributed by atoms with Crippen molar-refractivity contribution in [2.45, 2.75) is 13.3 Å². The summed E-state index contributed by atoms with van der Waals surface area (Å²) in [4.78, 5) is 12.5. The molecule has 0 heterocycles. The average molecular weight is 398 g/mol. The molecule has 0 atom stereocenters. The summed E-state index contributed by atoms with van der Waals surface area (Å²) in [6.45, 7) is 2.46. The predicted octanol–water partition coefficient (Wildman–Crippen LogP) is 4.93. The molecule has 28 heavy (non-hydrogen) atoms. The topological polar surface area (TPSA) is 78.8 Å². The molecule has 0 radical (unpaired) electrons. The summed E-state index contributed by atoms with van der Waals surface area (Å²) in [5.41, 5.74) is 2.67. The van der Waals surface area contributed by atoms with E-state index >= 15 is 0 Å². The molecule has 0 unspecified atom stereocenters. The van der Waals surface area contributed by atoms with Crippen molar-refractivity contribution in [2.24, 2.45) is 0 Å². The number of hydrogen-bond acceptors (Lipinski definition) is 4. The fourth-order valence-corrected chi connectivity index (χ4v) is 2.94. The van der Waals surface area contributed by atoms with Gasteiger partial charge in [0.05, 0.1) is 17.9 Å². The Morgan fingerprint density at radius 3 is 2.68 bits per heavy atom. The van der Waals surface area contributed by atoms with Crippen LogP contribution in [0.25, 0.3) is 0 Å². The number of rotatable bonds is 6. The lowest BCUT2D eigenvalue weighted by Gasteiger charge is -2.14. The maximum absolute atomic E-state index is 12.5. The molecular formula is C22H20ClNO4. The lowest BCUT2D eigenvalue weighted by molar-refractivity contribution is 0.102. The van der Waals surface area contributed by atoms with E-state index in [-0.39, 0.29) is 17.1 Å². The molecule has 5 nitrogen and oxygen atoms in total. The zero-order valence-electron chi connectivity index (χ0n) is 15.3. The van der Waals surface area contributed by atoms with E-state index in [0.717, 1.165) is 5.56 Å². The Bertz CT molecular complexity index is 1000. The van der Waals surface area contributed by atoms with Gasteiger partial charge in [0, 0.05) is 11.4 Å². The number of amides is 1. The highest BCUT2D eigenvalue weighted by molar-refractivity contribution is 6.31. The van der Waals surface area contributed by atoms with Gasteiger partial charge < -0.3 is 20.3 Å². The number of carbonyl (C=O) groups excluding carboxylic acids is 1. The second kappa shape index (κ2) is 8.67. The van der Waals surface area contributed by atoms with Gasteiger partial charge in [-0.3, -0.25) is 4.79 Å². The quantitative estimate of drug-likeness (QED) is 0.515. The van der Waals surface area contributed by atoms with Crippen LogP contribution < -0.4 is 10.1 Å². The molecule has 0 saturated heterocycles. The molecular weight excluding hydrogens is 378 g/mol. The highest BCUT2D eigenvalue weighted by Crippen LogP contribution is 2.30. The number of halogens is 1. The first-order chi connectivity index (χ1) is 13.4. The minimum atomic E-state index is -0.584. The van der Waals surface area contributed by atoms with Crippen LogP contribution in [0, 0.1) is 6.92 Å². The molecule has 1 amide bonds. The van der Waals surface area contributed by atoms with E-state index < -0.39 is 5.91 Å². The largest absolute Gasteiger partial charge is 0.508 e. The van der Waals surface area contributed by atoms with Crippen molar-refractivity contribution < 1.29 is 19.7 Å². The number of aromatic hydroxyl groups is 2. The van der Waals surface area contributed by atoms with Crippen LogP contribution in [0.4, 0.5) is 5.69 Å². The zero-order valence-corrected chi connectivity index (χ0v) is 16.0. The molecule has 0 aliphatic carbocycles. The van der Waals surface area contributed by atoms with Crippen molar-refractivity contribution in [2.75, 3.05) is 11.9 Å². The van der Waals surface area contributed by atoms with Gasteiger partial charge in [0.2, 0.25) is 0 Å². The fraction of sp³-hybridized carbons (Fsp3) is 0.136. The van der Waals surface area contributed by atoms with E-state index in [1.54, 1.807) is 18.2 Å². The van der Waals surface area contributed by atoms with Crippen LogP contribution >= 0.6 is 11.6 Å². The normalized spacial score (nSPS) is 10.5. The van der Waals surface area contributed by atoms with E-state index in [2.05, 4.69) is 11.4 Å². The fourth-order valence-electron chi connectivity index (χ4n) is 2.77. The van der Waals surface area contributed by atoms with Crippen LogP contribution in [0.3, 0.4) is 0 Å². The molecule has 0 fully saturated rings. The molecule has 0 aliphatic heterocycles. The number of ether oxygens (including phenoxy) is 1. The van der Waals surface area contributed by atoms with Crippen molar-refractivity contribution in [1.82, 2.24) is 0 Å². The molecule has 3 rings (SSSR count). The van der Waals surface area contributed by atoms with Crippen molar-refractivity contribution >= 4 is 23.2 Å². The van der Waals surface area contributed by atoms with Crippen LogP contribution in [0.5, 0.6) is 17.2 Å². The molecule has 3 N–H and O–H groups in total. The Hall–Kier alpha value is -3.18. The second-order valence-corrected chi connectivity index (χ2v) is 6.82. The highest BCUT2D eigenvalue weighted by Gasteiger charge is 2.15. The minimum Gasteiger partial charge on any atom is -0.508 e. The first-order valence-electron chi connectivity index (χ1n) is 8.73. The number of anilines is 1. The molecule has 6 heteroatoms. The molecule has 3 aromatic carbocycles. The number of aryl methyl sites for hydroxylation is 1. The molecule has 0 saturated carbocycles. The summed E-state index contributed by atoms with van der Waals surface area (Å²) in [7, 11) is 0. The maximum Gasteiger partial charge on any atom is 0.259 e. The van der Waals surface area contributed by atoms with Gasteiger partial charge in [0.15, 0.2) is 0 Å². The first-order valence-corrected chi connectivity index (χ1v) is 9.11.